The molecule has 0 bridgehead atoms. The van der Waals surface area contributed by atoms with Crippen molar-refractivity contribution in [1.82, 2.24) is 10.9 Å². The highest BCUT2D eigenvalue weighted by molar-refractivity contribution is 6.30. The first kappa shape index (κ1) is 15.7. The van der Waals surface area contributed by atoms with Crippen LogP contribution in [0, 0.1) is 5.82 Å². The van der Waals surface area contributed by atoms with Gasteiger partial charge in [0.05, 0.1) is 5.56 Å². The molecule has 0 saturated heterocycles. The predicted octanol–water partition coefficient (Wildman–Crippen LogP) is 2.95. The molecule has 4 nitrogen and oxygen atoms in total. The van der Waals surface area contributed by atoms with Crippen LogP contribution in [-0.2, 0) is 4.79 Å². The fourth-order valence-corrected chi connectivity index (χ4v) is 1.85. The van der Waals surface area contributed by atoms with Gasteiger partial charge in [0, 0.05) is 11.1 Å². The molecule has 112 valence electrons. The summed E-state index contributed by atoms with van der Waals surface area (Å²) in [5.74, 6) is -1.95. The van der Waals surface area contributed by atoms with E-state index in [0.29, 0.717) is 5.02 Å². The van der Waals surface area contributed by atoms with Gasteiger partial charge in [0.2, 0.25) is 0 Å². The van der Waals surface area contributed by atoms with Crippen LogP contribution >= 0.6 is 11.6 Å². The van der Waals surface area contributed by atoms with E-state index >= 15 is 0 Å². The summed E-state index contributed by atoms with van der Waals surface area (Å²) < 4.78 is 13.4. The molecule has 0 radical (unpaired) electrons. The van der Waals surface area contributed by atoms with Crippen LogP contribution < -0.4 is 10.9 Å². The van der Waals surface area contributed by atoms with Gasteiger partial charge in [0.25, 0.3) is 11.8 Å². The second-order valence-electron chi connectivity index (χ2n) is 4.31. The molecule has 0 aliphatic heterocycles. The lowest BCUT2D eigenvalue weighted by Gasteiger charge is -2.05. The third-order valence-electron chi connectivity index (χ3n) is 2.69. The number of nitrogens with one attached hydrogen (secondary N) is 2. The molecular weight excluding hydrogens is 307 g/mol. The number of benzene rings is 2. The molecule has 0 heterocycles. The van der Waals surface area contributed by atoms with Gasteiger partial charge in [0.15, 0.2) is 0 Å². The van der Waals surface area contributed by atoms with E-state index in [2.05, 4.69) is 10.9 Å². The Kier molecular flexibility index (Phi) is 5.27. The van der Waals surface area contributed by atoms with E-state index in [1.165, 1.54) is 30.4 Å². The van der Waals surface area contributed by atoms with E-state index in [-0.39, 0.29) is 5.56 Å². The highest BCUT2D eigenvalue weighted by Crippen LogP contribution is 2.11. The average Bonchev–Trinajstić information content (AvgIpc) is 2.51. The fraction of sp³-hybridized carbons (Fsp3) is 0. The van der Waals surface area contributed by atoms with Crippen molar-refractivity contribution >= 4 is 29.5 Å². The van der Waals surface area contributed by atoms with Crippen molar-refractivity contribution in [2.24, 2.45) is 0 Å². The van der Waals surface area contributed by atoms with Gasteiger partial charge < -0.3 is 0 Å². The van der Waals surface area contributed by atoms with Crippen LogP contribution in [0.1, 0.15) is 15.9 Å². The number of carbonyl (C=O) groups excluding carboxylic acids is 2. The topological polar surface area (TPSA) is 58.2 Å². The molecule has 2 aromatic rings. The monoisotopic (exact) mass is 318 g/mol. The molecule has 0 fully saturated rings. The van der Waals surface area contributed by atoms with E-state index in [1.54, 1.807) is 24.3 Å². The predicted molar refractivity (Wildman–Crippen MR) is 82.5 cm³/mol. The first-order valence-corrected chi connectivity index (χ1v) is 6.72. The van der Waals surface area contributed by atoms with E-state index in [4.69, 9.17) is 11.6 Å². The van der Waals surface area contributed by atoms with Crippen molar-refractivity contribution in [3.05, 3.63) is 76.6 Å². The minimum absolute atomic E-state index is 0.151. The number of hydrazine groups is 1. The summed E-state index contributed by atoms with van der Waals surface area (Å²) in [6.07, 6.45) is 2.77. The number of hydrogen-bond donors (Lipinski definition) is 2. The van der Waals surface area contributed by atoms with Crippen LogP contribution in [-0.4, -0.2) is 11.8 Å². The summed E-state index contributed by atoms with van der Waals surface area (Å²) in [7, 11) is 0. The number of amides is 2. The van der Waals surface area contributed by atoms with E-state index < -0.39 is 17.6 Å². The van der Waals surface area contributed by atoms with Crippen LogP contribution in [0.4, 0.5) is 4.39 Å². The molecule has 2 aromatic carbocycles. The Hall–Kier alpha value is -2.66. The Morgan fingerprint density at radius 2 is 1.82 bits per heavy atom. The number of halogens is 2. The van der Waals surface area contributed by atoms with Crippen molar-refractivity contribution in [1.29, 1.82) is 0 Å². The van der Waals surface area contributed by atoms with Crippen molar-refractivity contribution in [3.63, 3.8) is 0 Å². The van der Waals surface area contributed by atoms with E-state index in [9.17, 15) is 14.0 Å². The average molecular weight is 319 g/mol. The summed E-state index contributed by atoms with van der Waals surface area (Å²) in [5.41, 5.74) is 4.89. The van der Waals surface area contributed by atoms with Gasteiger partial charge in [-0.1, -0.05) is 35.9 Å². The highest BCUT2D eigenvalue weighted by atomic mass is 35.5. The van der Waals surface area contributed by atoms with Crippen molar-refractivity contribution < 1.29 is 14.0 Å². The highest BCUT2D eigenvalue weighted by Gasteiger charge is 2.10. The van der Waals surface area contributed by atoms with Crippen molar-refractivity contribution in [2.75, 3.05) is 0 Å². The molecule has 0 saturated carbocycles. The van der Waals surface area contributed by atoms with Gasteiger partial charge in [-0.05, 0) is 35.9 Å². The molecule has 0 aromatic heterocycles. The summed E-state index contributed by atoms with van der Waals surface area (Å²) >= 11 is 5.82. The third kappa shape index (κ3) is 4.43. The van der Waals surface area contributed by atoms with E-state index in [0.717, 1.165) is 11.6 Å². The first-order chi connectivity index (χ1) is 10.6. The minimum Gasteiger partial charge on any atom is -0.268 e. The Labute approximate surface area is 131 Å². The largest absolute Gasteiger partial charge is 0.272 e. The smallest absolute Gasteiger partial charge is 0.268 e. The lowest BCUT2D eigenvalue weighted by atomic mass is 10.2. The molecule has 2 rings (SSSR count). The molecule has 2 N–H and O–H groups in total. The summed E-state index contributed by atoms with van der Waals surface area (Å²) in [5, 5.41) is 0.551. The van der Waals surface area contributed by atoms with Gasteiger partial charge in [-0.3, -0.25) is 20.4 Å². The molecular formula is C16H12ClFN2O2. The summed E-state index contributed by atoms with van der Waals surface area (Å²) in [6.45, 7) is 0. The number of hydrogen-bond acceptors (Lipinski definition) is 2. The molecule has 0 atom stereocenters. The van der Waals surface area contributed by atoms with Gasteiger partial charge >= 0.3 is 0 Å². The Balaban J connectivity index is 1.90. The van der Waals surface area contributed by atoms with Gasteiger partial charge in [-0.15, -0.1) is 0 Å². The Morgan fingerprint density at radius 1 is 1.05 bits per heavy atom. The second-order valence-corrected chi connectivity index (χ2v) is 4.75. The fourth-order valence-electron chi connectivity index (χ4n) is 1.65. The molecule has 6 heteroatoms. The van der Waals surface area contributed by atoms with Gasteiger partial charge in [-0.2, -0.15) is 0 Å². The Morgan fingerprint density at radius 3 is 2.55 bits per heavy atom. The zero-order chi connectivity index (χ0) is 15.9. The van der Waals surface area contributed by atoms with Crippen molar-refractivity contribution in [2.45, 2.75) is 0 Å². The van der Waals surface area contributed by atoms with Crippen LogP contribution in [0.2, 0.25) is 5.02 Å². The summed E-state index contributed by atoms with van der Waals surface area (Å²) in [4.78, 5) is 23.3. The normalized spacial score (nSPS) is 10.5. The quantitative estimate of drug-likeness (QED) is 0.675. The SMILES string of the molecule is O=C(C=Cc1cccc(Cl)c1)NNC(=O)c1ccccc1F. The van der Waals surface area contributed by atoms with Gasteiger partial charge in [0.1, 0.15) is 5.82 Å². The van der Waals surface area contributed by atoms with Crippen LogP contribution in [0.15, 0.2) is 54.6 Å². The maximum atomic E-state index is 13.4. The Bertz CT molecular complexity index is 732. The first-order valence-electron chi connectivity index (χ1n) is 6.35. The van der Waals surface area contributed by atoms with Crippen molar-refractivity contribution in [3.8, 4) is 0 Å². The lowest BCUT2D eigenvalue weighted by Crippen LogP contribution is -2.41. The van der Waals surface area contributed by atoms with Crippen LogP contribution in [0.3, 0.4) is 0 Å². The van der Waals surface area contributed by atoms with E-state index in [1.807, 2.05) is 0 Å². The molecule has 0 aliphatic carbocycles. The van der Waals surface area contributed by atoms with Crippen LogP contribution in [0.25, 0.3) is 6.08 Å². The molecule has 2 amide bonds. The third-order valence-corrected chi connectivity index (χ3v) is 2.93. The van der Waals surface area contributed by atoms with Gasteiger partial charge in [-0.25, -0.2) is 4.39 Å². The zero-order valence-corrected chi connectivity index (χ0v) is 12.1. The maximum absolute atomic E-state index is 13.4. The zero-order valence-electron chi connectivity index (χ0n) is 11.3. The standard InChI is InChI=1S/C16H12ClFN2O2/c17-12-5-3-4-11(10-12)8-9-15(21)19-20-16(22)13-6-1-2-7-14(13)18/h1-10H,(H,19,21)(H,20,22). The molecule has 22 heavy (non-hydrogen) atoms. The lowest BCUT2D eigenvalue weighted by molar-refractivity contribution is -0.117. The molecule has 0 spiro atoms. The second kappa shape index (κ2) is 7.38. The number of rotatable bonds is 3. The van der Waals surface area contributed by atoms with Crippen LogP contribution in [0.5, 0.6) is 0 Å². The minimum atomic E-state index is -0.734. The maximum Gasteiger partial charge on any atom is 0.272 e. The number of carbonyl (C=O) groups is 2. The summed E-state index contributed by atoms with van der Waals surface area (Å²) in [6, 6.07) is 12.4. The molecule has 0 unspecified atom stereocenters. The molecule has 0 aliphatic rings.